The fourth-order valence-electron chi connectivity index (χ4n) is 1.63. The summed E-state index contributed by atoms with van der Waals surface area (Å²) in [5, 5.41) is 15.0. The second-order valence-electron chi connectivity index (χ2n) is 4.32. The van der Waals surface area contributed by atoms with Gasteiger partial charge in [-0.25, -0.2) is 4.79 Å². The van der Waals surface area contributed by atoms with E-state index in [4.69, 9.17) is 21.4 Å². The summed E-state index contributed by atoms with van der Waals surface area (Å²) in [5.41, 5.74) is 0. The van der Waals surface area contributed by atoms with Gasteiger partial charge in [-0.3, -0.25) is 0 Å². The molecule has 0 heterocycles. The van der Waals surface area contributed by atoms with E-state index < -0.39 is 0 Å². The number of rotatable bonds is 8. The second-order valence-corrected chi connectivity index (χ2v) is 4.76. The van der Waals surface area contributed by atoms with E-state index in [2.05, 4.69) is 10.6 Å². The van der Waals surface area contributed by atoms with E-state index in [0.717, 1.165) is 6.42 Å². The third-order valence-corrected chi connectivity index (χ3v) is 3.03. The van der Waals surface area contributed by atoms with Gasteiger partial charge < -0.3 is 20.5 Å². The van der Waals surface area contributed by atoms with Gasteiger partial charge in [0.15, 0.2) is 0 Å². The minimum Gasteiger partial charge on any atom is -0.492 e. The number of ether oxygens (including phenoxy) is 1. The molecule has 0 saturated heterocycles. The Morgan fingerprint density at radius 1 is 1.40 bits per heavy atom. The predicted molar refractivity (Wildman–Crippen MR) is 79.3 cm³/mol. The van der Waals surface area contributed by atoms with Crippen LogP contribution in [-0.2, 0) is 0 Å². The van der Waals surface area contributed by atoms with Crippen LogP contribution in [-0.4, -0.2) is 36.9 Å². The fourth-order valence-corrected chi connectivity index (χ4v) is 1.76. The summed E-state index contributed by atoms with van der Waals surface area (Å²) in [6.07, 6.45) is 1.35. The summed E-state index contributed by atoms with van der Waals surface area (Å²) in [6.45, 7) is 2.82. The van der Waals surface area contributed by atoms with Crippen molar-refractivity contribution in [1.82, 2.24) is 10.6 Å². The number of nitrogens with one attached hydrogen (secondary N) is 2. The molecule has 0 bridgehead atoms. The van der Waals surface area contributed by atoms with Crippen LogP contribution in [0.2, 0.25) is 5.02 Å². The molecule has 0 saturated carbocycles. The minimum absolute atomic E-state index is 0.00261. The van der Waals surface area contributed by atoms with Crippen LogP contribution in [0.3, 0.4) is 0 Å². The van der Waals surface area contributed by atoms with Crippen LogP contribution in [0.25, 0.3) is 0 Å². The number of aliphatic hydroxyl groups excluding tert-OH is 1. The van der Waals surface area contributed by atoms with Crippen molar-refractivity contribution in [3.05, 3.63) is 29.3 Å². The molecule has 1 aromatic carbocycles. The summed E-state index contributed by atoms with van der Waals surface area (Å²) < 4.78 is 5.45. The zero-order chi connectivity index (χ0) is 14.8. The molecule has 0 fully saturated rings. The molecule has 112 valence electrons. The van der Waals surface area contributed by atoms with Gasteiger partial charge in [0.05, 0.1) is 6.54 Å². The molecule has 0 aliphatic rings. The molecule has 0 aromatic heterocycles. The first-order chi connectivity index (χ1) is 9.65. The fraction of sp³-hybridized carbons (Fsp3) is 0.500. The van der Waals surface area contributed by atoms with Gasteiger partial charge in [0, 0.05) is 17.7 Å². The number of carbonyl (C=O) groups is 1. The minimum atomic E-state index is -0.245. The average molecular weight is 301 g/mol. The molecule has 1 rings (SSSR count). The summed E-state index contributed by atoms with van der Waals surface area (Å²) >= 11 is 5.76. The Kier molecular flexibility index (Phi) is 7.84. The molecule has 6 heteroatoms. The van der Waals surface area contributed by atoms with Crippen molar-refractivity contribution in [1.29, 1.82) is 0 Å². The number of benzene rings is 1. The van der Waals surface area contributed by atoms with E-state index in [1.54, 1.807) is 24.3 Å². The zero-order valence-electron chi connectivity index (χ0n) is 11.6. The van der Waals surface area contributed by atoms with Crippen LogP contribution in [0.4, 0.5) is 4.79 Å². The number of carbonyl (C=O) groups excluding carboxylic acids is 1. The first kappa shape index (κ1) is 16.6. The molecule has 5 nitrogen and oxygen atoms in total. The van der Waals surface area contributed by atoms with Gasteiger partial charge >= 0.3 is 6.03 Å². The van der Waals surface area contributed by atoms with Crippen molar-refractivity contribution in [2.24, 2.45) is 0 Å². The van der Waals surface area contributed by atoms with E-state index in [1.165, 1.54) is 0 Å². The van der Waals surface area contributed by atoms with E-state index in [0.29, 0.717) is 30.3 Å². The average Bonchev–Trinajstić information content (AvgIpc) is 2.45. The number of amides is 2. The molecule has 2 amide bonds. The Morgan fingerprint density at radius 2 is 2.10 bits per heavy atom. The lowest BCUT2D eigenvalue weighted by Crippen LogP contribution is -2.43. The molecule has 0 aliphatic heterocycles. The van der Waals surface area contributed by atoms with Crippen molar-refractivity contribution in [2.75, 3.05) is 19.8 Å². The molecule has 1 atom stereocenters. The number of halogens is 1. The van der Waals surface area contributed by atoms with Crippen molar-refractivity contribution < 1.29 is 14.6 Å². The van der Waals surface area contributed by atoms with Gasteiger partial charge in [0.25, 0.3) is 0 Å². The maximum Gasteiger partial charge on any atom is 0.315 e. The van der Waals surface area contributed by atoms with Crippen molar-refractivity contribution >= 4 is 17.6 Å². The van der Waals surface area contributed by atoms with Gasteiger partial charge in [0.2, 0.25) is 0 Å². The number of urea groups is 1. The number of hydrogen-bond acceptors (Lipinski definition) is 3. The molecule has 1 unspecified atom stereocenters. The lowest BCUT2D eigenvalue weighted by Gasteiger charge is -2.16. The van der Waals surface area contributed by atoms with Crippen molar-refractivity contribution in [2.45, 2.75) is 25.8 Å². The van der Waals surface area contributed by atoms with Crippen molar-refractivity contribution in [3.63, 3.8) is 0 Å². The van der Waals surface area contributed by atoms with Crippen LogP contribution in [0.5, 0.6) is 5.75 Å². The zero-order valence-corrected chi connectivity index (χ0v) is 12.3. The first-order valence-corrected chi connectivity index (χ1v) is 7.07. The predicted octanol–water partition coefficient (Wildman–Crippen LogP) is 2.18. The lowest BCUT2D eigenvalue weighted by atomic mass is 10.2. The highest BCUT2D eigenvalue weighted by Crippen LogP contribution is 2.14. The molecule has 0 aliphatic carbocycles. The van der Waals surface area contributed by atoms with Gasteiger partial charge in [0.1, 0.15) is 12.4 Å². The summed E-state index contributed by atoms with van der Waals surface area (Å²) in [4.78, 5) is 11.6. The van der Waals surface area contributed by atoms with Gasteiger partial charge in [-0.1, -0.05) is 18.5 Å². The molecule has 3 N–H and O–H groups in total. The molecular formula is C14H21ClN2O3. The maximum absolute atomic E-state index is 11.6. The smallest absolute Gasteiger partial charge is 0.315 e. The highest BCUT2D eigenvalue weighted by Gasteiger charge is 2.08. The van der Waals surface area contributed by atoms with Gasteiger partial charge in [-0.15, -0.1) is 0 Å². The highest BCUT2D eigenvalue weighted by molar-refractivity contribution is 6.30. The summed E-state index contributed by atoms with van der Waals surface area (Å²) in [7, 11) is 0. The first-order valence-electron chi connectivity index (χ1n) is 6.69. The Balaban J connectivity index is 2.17. The van der Waals surface area contributed by atoms with E-state index >= 15 is 0 Å². The van der Waals surface area contributed by atoms with Crippen LogP contribution < -0.4 is 15.4 Å². The Bertz CT molecular complexity index is 398. The molecule has 20 heavy (non-hydrogen) atoms. The molecule has 0 spiro atoms. The van der Waals surface area contributed by atoms with Crippen LogP contribution in [0.15, 0.2) is 24.3 Å². The largest absolute Gasteiger partial charge is 0.492 e. The Hall–Kier alpha value is -1.46. The highest BCUT2D eigenvalue weighted by atomic mass is 35.5. The Labute approximate surface area is 124 Å². The third kappa shape index (κ3) is 6.63. The monoisotopic (exact) mass is 300 g/mol. The SMILES string of the molecule is CCC(CCO)NC(=O)NCCOc1ccc(Cl)cc1. The topological polar surface area (TPSA) is 70.6 Å². The van der Waals surface area contributed by atoms with E-state index in [1.807, 2.05) is 6.92 Å². The van der Waals surface area contributed by atoms with Crippen LogP contribution >= 0.6 is 11.6 Å². The Morgan fingerprint density at radius 3 is 2.70 bits per heavy atom. The normalized spacial score (nSPS) is 11.8. The van der Waals surface area contributed by atoms with Crippen LogP contribution in [0.1, 0.15) is 19.8 Å². The van der Waals surface area contributed by atoms with E-state index in [9.17, 15) is 4.79 Å². The molecule has 0 radical (unpaired) electrons. The third-order valence-electron chi connectivity index (χ3n) is 2.78. The van der Waals surface area contributed by atoms with Gasteiger partial charge in [-0.2, -0.15) is 0 Å². The van der Waals surface area contributed by atoms with Crippen molar-refractivity contribution in [3.8, 4) is 5.75 Å². The summed E-state index contributed by atoms with van der Waals surface area (Å²) in [6, 6.07) is 6.80. The number of hydrogen-bond donors (Lipinski definition) is 3. The van der Waals surface area contributed by atoms with Crippen LogP contribution in [0, 0.1) is 0 Å². The standard InChI is InChI=1S/C14H21ClN2O3/c1-2-12(7-9-18)17-14(19)16-8-10-20-13-5-3-11(15)4-6-13/h3-6,12,18H,2,7-10H2,1H3,(H2,16,17,19). The lowest BCUT2D eigenvalue weighted by molar-refractivity contribution is 0.224. The maximum atomic E-state index is 11.6. The number of aliphatic hydroxyl groups is 1. The molecular weight excluding hydrogens is 280 g/mol. The van der Waals surface area contributed by atoms with Gasteiger partial charge in [-0.05, 0) is 37.1 Å². The summed E-state index contributed by atoms with van der Waals surface area (Å²) in [5.74, 6) is 0.711. The second kappa shape index (κ2) is 9.44. The van der Waals surface area contributed by atoms with E-state index in [-0.39, 0.29) is 18.7 Å². The quantitative estimate of drug-likeness (QED) is 0.644. The molecule has 1 aromatic rings.